The first-order chi connectivity index (χ1) is 10.6. The van der Waals surface area contributed by atoms with Gasteiger partial charge in [-0.3, -0.25) is 9.59 Å². The summed E-state index contributed by atoms with van der Waals surface area (Å²) < 4.78 is 5.09. The van der Waals surface area contributed by atoms with Crippen molar-refractivity contribution < 1.29 is 14.3 Å². The van der Waals surface area contributed by atoms with Crippen LogP contribution in [0.2, 0.25) is 6.32 Å². The fourth-order valence-electron chi connectivity index (χ4n) is 1.67. The minimum absolute atomic E-state index is 0.0161. The first kappa shape index (κ1) is 15.7. The summed E-state index contributed by atoms with van der Waals surface area (Å²) in [5, 5.41) is 9.90. The summed E-state index contributed by atoms with van der Waals surface area (Å²) in [4.78, 5) is 23.3. The number of aryl methyl sites for hydroxylation is 1. The van der Waals surface area contributed by atoms with Gasteiger partial charge >= 0.3 is 0 Å². The molecule has 0 aliphatic rings. The van der Waals surface area contributed by atoms with Gasteiger partial charge < -0.3 is 9.96 Å². The lowest BCUT2D eigenvalue weighted by molar-refractivity contribution is -0.142. The molecule has 22 heavy (non-hydrogen) atoms. The van der Waals surface area contributed by atoms with E-state index in [9.17, 15) is 9.59 Å². The average Bonchev–Trinajstić information content (AvgIpc) is 2.54. The predicted molar refractivity (Wildman–Crippen MR) is 81.0 cm³/mol. The Balaban J connectivity index is 1.69. The van der Waals surface area contributed by atoms with Crippen LogP contribution in [0.5, 0.6) is 0 Å². The molecule has 7 heteroatoms. The smallest absolute Gasteiger partial charge is 0.300 e. The van der Waals surface area contributed by atoms with Crippen molar-refractivity contribution in [3.63, 3.8) is 0 Å². The molecule has 2 rings (SSSR count). The van der Waals surface area contributed by atoms with E-state index in [1.807, 2.05) is 37.3 Å². The molecular formula is C15H15BN3O3. The summed E-state index contributed by atoms with van der Waals surface area (Å²) in [5.41, 5.74) is 1.95. The number of ether oxygens (including phenoxy) is 1. The number of amides is 1. The van der Waals surface area contributed by atoms with E-state index in [1.54, 1.807) is 12.3 Å². The Morgan fingerprint density at radius 1 is 1.27 bits per heavy atom. The van der Waals surface area contributed by atoms with E-state index in [4.69, 9.17) is 4.74 Å². The van der Waals surface area contributed by atoms with Crippen LogP contribution in [0.25, 0.3) is 0 Å². The van der Waals surface area contributed by atoms with Crippen LogP contribution in [0, 0.1) is 6.92 Å². The van der Waals surface area contributed by atoms with Gasteiger partial charge in [-0.15, -0.1) is 5.10 Å². The number of carbonyl (C=O) groups excluding carboxylic acids is 2. The first-order valence-electron chi connectivity index (χ1n) is 6.76. The normalized spacial score (nSPS) is 9.86. The van der Waals surface area contributed by atoms with Crippen LogP contribution in [-0.2, 0) is 16.1 Å². The molecule has 111 valence electrons. The van der Waals surface area contributed by atoms with Gasteiger partial charge in [0.2, 0.25) is 0 Å². The molecule has 1 heterocycles. The van der Waals surface area contributed by atoms with Crippen molar-refractivity contribution in [1.82, 2.24) is 15.4 Å². The fraction of sp³-hybridized carbons (Fsp3) is 0.200. The maximum atomic E-state index is 11.8. The zero-order chi connectivity index (χ0) is 15.8. The largest absolute Gasteiger partial charge is 0.461 e. The minimum Gasteiger partial charge on any atom is -0.461 e. The second-order valence-electron chi connectivity index (χ2n) is 4.65. The number of esters is 1. The lowest BCUT2D eigenvalue weighted by atomic mass is 9.89. The van der Waals surface area contributed by atoms with Crippen molar-refractivity contribution in [1.29, 1.82) is 0 Å². The average molecular weight is 296 g/mol. The highest BCUT2D eigenvalue weighted by atomic mass is 16.5. The van der Waals surface area contributed by atoms with Gasteiger partial charge in [0.15, 0.2) is 0 Å². The van der Waals surface area contributed by atoms with Gasteiger partial charge in [-0.2, -0.15) is 5.10 Å². The predicted octanol–water partition coefficient (Wildman–Crippen LogP) is 1.30. The van der Waals surface area contributed by atoms with Crippen LogP contribution in [-0.4, -0.2) is 29.5 Å². The van der Waals surface area contributed by atoms with Crippen LogP contribution < -0.4 is 5.23 Å². The quantitative estimate of drug-likeness (QED) is 0.642. The maximum absolute atomic E-state index is 11.8. The number of nitrogens with zero attached hydrogens (tertiary/aromatic N) is 2. The second-order valence-corrected chi connectivity index (χ2v) is 4.65. The number of aromatic nitrogens is 2. The van der Waals surface area contributed by atoms with Gasteiger partial charge in [0, 0.05) is 6.32 Å². The third-order valence-electron chi connectivity index (χ3n) is 2.77. The summed E-state index contributed by atoms with van der Waals surface area (Å²) in [7, 11) is 1.35. The molecule has 0 aliphatic heterocycles. The van der Waals surface area contributed by atoms with Crippen molar-refractivity contribution in [3.05, 3.63) is 59.4 Å². The standard InChI is InChI=1S/C15H15BN3O3/c1-11-7-13(19-17-9-11)15(21)18-16-8-14(20)22-10-12-5-3-2-4-6-12/h2-7,9H,8,10H2,1H3,(H,18,21). The van der Waals surface area contributed by atoms with Crippen LogP contribution in [0.1, 0.15) is 21.6 Å². The van der Waals surface area contributed by atoms with E-state index in [1.165, 1.54) is 7.41 Å². The van der Waals surface area contributed by atoms with Crippen molar-refractivity contribution in [2.45, 2.75) is 19.9 Å². The molecule has 0 spiro atoms. The Kier molecular flexibility index (Phi) is 5.65. The fourth-order valence-corrected chi connectivity index (χ4v) is 1.67. The number of nitrogens with one attached hydrogen (secondary N) is 1. The SMILES string of the molecule is Cc1cnnc(C(=O)N[B]CC(=O)OCc2ccccc2)c1. The Morgan fingerprint density at radius 3 is 2.77 bits per heavy atom. The summed E-state index contributed by atoms with van der Waals surface area (Å²) in [6.07, 6.45) is 1.54. The lowest BCUT2D eigenvalue weighted by Gasteiger charge is -2.05. The molecule has 1 radical (unpaired) electrons. The molecule has 0 aliphatic carbocycles. The first-order valence-corrected chi connectivity index (χ1v) is 6.76. The van der Waals surface area contributed by atoms with Crippen molar-refractivity contribution >= 4 is 19.3 Å². The zero-order valence-electron chi connectivity index (χ0n) is 12.2. The van der Waals surface area contributed by atoms with E-state index >= 15 is 0 Å². The van der Waals surface area contributed by atoms with Gasteiger partial charge in [0.1, 0.15) is 12.3 Å². The molecule has 0 saturated heterocycles. The van der Waals surface area contributed by atoms with Crippen LogP contribution in [0.15, 0.2) is 42.6 Å². The van der Waals surface area contributed by atoms with E-state index < -0.39 is 11.9 Å². The summed E-state index contributed by atoms with van der Waals surface area (Å²) in [6, 6.07) is 11.0. The van der Waals surface area contributed by atoms with Gasteiger partial charge in [-0.05, 0) is 24.1 Å². The van der Waals surface area contributed by atoms with Crippen LogP contribution in [0.3, 0.4) is 0 Å². The second kappa shape index (κ2) is 7.92. The zero-order valence-corrected chi connectivity index (χ0v) is 12.2. The Morgan fingerprint density at radius 2 is 2.05 bits per heavy atom. The molecule has 1 aromatic heterocycles. The van der Waals surface area contributed by atoms with E-state index in [2.05, 4.69) is 15.4 Å². The molecule has 0 bridgehead atoms. The van der Waals surface area contributed by atoms with E-state index in [0.29, 0.717) is 0 Å². The molecule has 0 fully saturated rings. The highest BCUT2D eigenvalue weighted by Crippen LogP contribution is 2.01. The third kappa shape index (κ3) is 5.01. The van der Waals surface area contributed by atoms with Gasteiger partial charge in [0.25, 0.3) is 19.3 Å². The Labute approximate surface area is 129 Å². The Hall–Kier alpha value is -2.70. The van der Waals surface area contributed by atoms with Crippen molar-refractivity contribution in [3.8, 4) is 0 Å². The number of carbonyl (C=O) groups is 2. The Bertz CT molecular complexity index is 649. The van der Waals surface area contributed by atoms with Crippen LogP contribution in [0.4, 0.5) is 0 Å². The lowest BCUT2D eigenvalue weighted by Crippen LogP contribution is -2.30. The summed E-state index contributed by atoms with van der Waals surface area (Å²) in [5.74, 6) is -0.827. The van der Waals surface area contributed by atoms with Crippen molar-refractivity contribution in [2.75, 3.05) is 0 Å². The third-order valence-corrected chi connectivity index (χ3v) is 2.77. The van der Waals surface area contributed by atoms with Gasteiger partial charge in [-0.1, -0.05) is 30.3 Å². The molecule has 0 saturated carbocycles. The van der Waals surface area contributed by atoms with Crippen LogP contribution >= 0.6 is 0 Å². The molecule has 1 aromatic carbocycles. The number of hydrogen-bond acceptors (Lipinski definition) is 5. The summed E-state index contributed by atoms with van der Waals surface area (Å²) in [6.45, 7) is 2.03. The number of rotatable bonds is 6. The topological polar surface area (TPSA) is 81.2 Å². The van der Waals surface area contributed by atoms with Crippen molar-refractivity contribution in [2.24, 2.45) is 0 Å². The molecule has 2 aromatic rings. The van der Waals surface area contributed by atoms with Gasteiger partial charge in [-0.25, -0.2) is 0 Å². The molecule has 0 atom stereocenters. The molecular weight excluding hydrogens is 281 g/mol. The van der Waals surface area contributed by atoms with Gasteiger partial charge in [0.05, 0.1) is 6.20 Å². The highest BCUT2D eigenvalue weighted by molar-refractivity contribution is 6.42. The van der Waals surface area contributed by atoms with E-state index in [0.717, 1.165) is 11.1 Å². The highest BCUT2D eigenvalue weighted by Gasteiger charge is 2.10. The molecule has 6 nitrogen and oxygen atoms in total. The van der Waals surface area contributed by atoms with E-state index in [-0.39, 0.29) is 18.6 Å². The number of benzene rings is 1. The molecule has 1 amide bonds. The number of hydrogen-bond donors (Lipinski definition) is 1. The molecule has 1 N–H and O–H groups in total. The maximum Gasteiger partial charge on any atom is 0.300 e. The molecule has 0 unspecified atom stereocenters. The monoisotopic (exact) mass is 296 g/mol. The summed E-state index contributed by atoms with van der Waals surface area (Å²) >= 11 is 0. The minimum atomic E-state index is -0.417.